The molecule has 0 aliphatic carbocycles. The van der Waals surface area contributed by atoms with Gasteiger partial charge in [-0.15, -0.1) is 12.4 Å². The van der Waals surface area contributed by atoms with Crippen molar-refractivity contribution in [3.05, 3.63) is 18.2 Å². The van der Waals surface area contributed by atoms with Crippen molar-refractivity contribution in [3.63, 3.8) is 0 Å². The van der Waals surface area contributed by atoms with E-state index >= 15 is 0 Å². The molecule has 114 valence electrons. The summed E-state index contributed by atoms with van der Waals surface area (Å²) < 4.78 is 0. The van der Waals surface area contributed by atoms with Gasteiger partial charge in [0.15, 0.2) is 0 Å². The smallest absolute Gasteiger partial charge is 0.224 e. The van der Waals surface area contributed by atoms with E-state index < -0.39 is 0 Å². The molecule has 0 saturated carbocycles. The zero-order valence-electron chi connectivity index (χ0n) is 11.8. The Morgan fingerprint density at radius 1 is 1.24 bits per heavy atom. The first kappa shape index (κ1) is 15.7. The maximum absolute atomic E-state index is 12.0. The molecule has 0 spiro atoms. The summed E-state index contributed by atoms with van der Waals surface area (Å²) >= 11 is 0. The Morgan fingerprint density at radius 2 is 2.00 bits per heavy atom. The molecule has 1 aromatic heterocycles. The number of rotatable bonds is 4. The summed E-state index contributed by atoms with van der Waals surface area (Å²) in [5.74, 6) is 0.756. The molecule has 1 aliphatic heterocycles. The third-order valence-electron chi connectivity index (χ3n) is 3.84. The van der Waals surface area contributed by atoms with Crippen LogP contribution in [0.4, 0.5) is 5.69 Å². The predicted octanol–water partition coefficient (Wildman–Crippen LogP) is 2.10. The van der Waals surface area contributed by atoms with Crippen molar-refractivity contribution >= 4 is 35.0 Å². The summed E-state index contributed by atoms with van der Waals surface area (Å²) in [5.41, 5.74) is 2.35. The van der Waals surface area contributed by atoms with Crippen molar-refractivity contribution in [1.82, 2.24) is 20.7 Å². The van der Waals surface area contributed by atoms with Crippen molar-refractivity contribution in [3.8, 4) is 0 Å². The van der Waals surface area contributed by atoms with E-state index in [1.165, 1.54) is 12.8 Å². The molecule has 1 fully saturated rings. The van der Waals surface area contributed by atoms with Gasteiger partial charge < -0.3 is 10.6 Å². The molecule has 7 heteroatoms. The molecule has 6 nitrogen and oxygen atoms in total. The molecular formula is C14H20ClN5O. The number of hydrogen-bond donors (Lipinski definition) is 3. The third-order valence-corrected chi connectivity index (χ3v) is 3.84. The van der Waals surface area contributed by atoms with E-state index in [1.807, 2.05) is 18.2 Å². The second-order valence-corrected chi connectivity index (χ2v) is 5.31. The Labute approximate surface area is 129 Å². The number of fused-ring (bicyclic) bond motifs is 1. The van der Waals surface area contributed by atoms with Gasteiger partial charge in [-0.25, -0.2) is 0 Å². The number of nitrogens with zero attached hydrogens (tertiary/aromatic N) is 2. The first-order valence-corrected chi connectivity index (χ1v) is 7.12. The van der Waals surface area contributed by atoms with Gasteiger partial charge in [0, 0.05) is 12.1 Å². The van der Waals surface area contributed by atoms with Gasteiger partial charge >= 0.3 is 0 Å². The van der Waals surface area contributed by atoms with E-state index in [0.717, 1.165) is 36.2 Å². The summed E-state index contributed by atoms with van der Waals surface area (Å²) in [6.07, 6.45) is 3.91. The third kappa shape index (κ3) is 4.15. The van der Waals surface area contributed by atoms with E-state index in [2.05, 4.69) is 26.0 Å². The molecule has 21 heavy (non-hydrogen) atoms. The van der Waals surface area contributed by atoms with Crippen LogP contribution in [0.3, 0.4) is 0 Å². The van der Waals surface area contributed by atoms with Gasteiger partial charge in [-0.05, 0) is 56.5 Å². The maximum atomic E-state index is 12.0. The number of carbonyl (C=O) groups is 1. The highest BCUT2D eigenvalue weighted by molar-refractivity contribution is 5.92. The monoisotopic (exact) mass is 309 g/mol. The molecule has 3 rings (SSSR count). The van der Waals surface area contributed by atoms with Crippen LogP contribution in [-0.4, -0.2) is 34.4 Å². The number of aromatic amines is 1. The SMILES string of the molecule is Cl.O=C(CCC1CCNCC1)Nc1ccc2n[nH]nc2c1. The number of benzene rings is 1. The zero-order valence-corrected chi connectivity index (χ0v) is 12.6. The molecule has 3 N–H and O–H groups in total. The van der Waals surface area contributed by atoms with E-state index in [9.17, 15) is 4.79 Å². The minimum absolute atomic E-state index is 0. The lowest BCUT2D eigenvalue weighted by Crippen LogP contribution is -2.28. The average Bonchev–Trinajstić information content (AvgIpc) is 2.94. The van der Waals surface area contributed by atoms with Crippen LogP contribution in [-0.2, 0) is 4.79 Å². The molecule has 0 unspecified atom stereocenters. The first-order valence-electron chi connectivity index (χ1n) is 7.12. The number of H-pyrrole nitrogens is 1. The second kappa shape index (κ2) is 7.38. The number of halogens is 1. The van der Waals surface area contributed by atoms with Crippen LogP contribution in [0, 0.1) is 5.92 Å². The molecule has 2 aromatic rings. The van der Waals surface area contributed by atoms with Crippen molar-refractivity contribution in [1.29, 1.82) is 0 Å². The second-order valence-electron chi connectivity index (χ2n) is 5.31. The van der Waals surface area contributed by atoms with Gasteiger partial charge in [0.2, 0.25) is 5.91 Å². The topological polar surface area (TPSA) is 82.7 Å². The van der Waals surface area contributed by atoms with Crippen LogP contribution in [0.5, 0.6) is 0 Å². The lowest BCUT2D eigenvalue weighted by molar-refractivity contribution is -0.116. The van der Waals surface area contributed by atoms with Crippen molar-refractivity contribution in [2.75, 3.05) is 18.4 Å². The Bertz CT molecular complexity index is 594. The van der Waals surface area contributed by atoms with Gasteiger partial charge in [0.05, 0.1) is 0 Å². The summed E-state index contributed by atoms with van der Waals surface area (Å²) in [7, 11) is 0. The molecule has 1 aliphatic rings. The fourth-order valence-corrected chi connectivity index (χ4v) is 2.65. The van der Waals surface area contributed by atoms with E-state index in [0.29, 0.717) is 12.3 Å². The largest absolute Gasteiger partial charge is 0.326 e. The lowest BCUT2D eigenvalue weighted by atomic mass is 9.93. The summed E-state index contributed by atoms with van der Waals surface area (Å²) in [6.45, 7) is 2.16. The van der Waals surface area contributed by atoms with Gasteiger partial charge in [-0.1, -0.05) is 0 Å². The Kier molecular flexibility index (Phi) is 5.52. The number of carbonyl (C=O) groups excluding carboxylic acids is 1. The van der Waals surface area contributed by atoms with Gasteiger partial charge in [-0.2, -0.15) is 15.4 Å². The van der Waals surface area contributed by atoms with Crippen LogP contribution < -0.4 is 10.6 Å². The molecule has 0 bridgehead atoms. The Morgan fingerprint density at radius 3 is 2.81 bits per heavy atom. The summed E-state index contributed by atoms with van der Waals surface area (Å²) in [5, 5.41) is 16.8. The molecule has 1 amide bonds. The lowest BCUT2D eigenvalue weighted by Gasteiger charge is -2.22. The minimum Gasteiger partial charge on any atom is -0.326 e. The molecule has 1 aromatic carbocycles. The number of piperidine rings is 1. The highest BCUT2D eigenvalue weighted by Gasteiger charge is 2.14. The normalized spacial score (nSPS) is 15.6. The highest BCUT2D eigenvalue weighted by atomic mass is 35.5. The van der Waals surface area contributed by atoms with Crippen molar-refractivity contribution in [2.24, 2.45) is 5.92 Å². The minimum atomic E-state index is 0. The number of amides is 1. The van der Waals surface area contributed by atoms with E-state index in [-0.39, 0.29) is 18.3 Å². The van der Waals surface area contributed by atoms with E-state index in [4.69, 9.17) is 0 Å². The fourth-order valence-electron chi connectivity index (χ4n) is 2.65. The summed E-state index contributed by atoms with van der Waals surface area (Å²) in [6, 6.07) is 5.54. The molecule has 0 atom stereocenters. The van der Waals surface area contributed by atoms with E-state index in [1.54, 1.807) is 0 Å². The van der Waals surface area contributed by atoms with Crippen LogP contribution >= 0.6 is 12.4 Å². The fraction of sp³-hybridized carbons (Fsp3) is 0.500. The number of aromatic nitrogens is 3. The molecule has 0 radical (unpaired) electrons. The Balaban J connectivity index is 0.00000161. The van der Waals surface area contributed by atoms with Crippen molar-refractivity contribution in [2.45, 2.75) is 25.7 Å². The molecule has 1 saturated heterocycles. The van der Waals surface area contributed by atoms with Gasteiger partial charge in [-0.3, -0.25) is 4.79 Å². The quantitative estimate of drug-likeness (QED) is 0.807. The number of hydrogen-bond acceptors (Lipinski definition) is 4. The zero-order chi connectivity index (χ0) is 13.8. The van der Waals surface area contributed by atoms with Crippen LogP contribution in [0.15, 0.2) is 18.2 Å². The average molecular weight is 310 g/mol. The van der Waals surface area contributed by atoms with Crippen LogP contribution in [0.2, 0.25) is 0 Å². The van der Waals surface area contributed by atoms with Gasteiger partial charge in [0.25, 0.3) is 0 Å². The number of nitrogens with one attached hydrogen (secondary N) is 3. The Hall–Kier alpha value is -1.66. The van der Waals surface area contributed by atoms with Crippen molar-refractivity contribution < 1.29 is 4.79 Å². The molecule has 2 heterocycles. The molecular weight excluding hydrogens is 290 g/mol. The van der Waals surface area contributed by atoms with Crippen LogP contribution in [0.1, 0.15) is 25.7 Å². The van der Waals surface area contributed by atoms with Gasteiger partial charge in [0.1, 0.15) is 11.0 Å². The van der Waals surface area contributed by atoms with Crippen LogP contribution in [0.25, 0.3) is 11.0 Å². The standard InChI is InChI=1S/C14H19N5O.ClH/c20-14(4-1-10-5-7-15-8-6-10)16-11-2-3-12-13(9-11)18-19-17-12;/h2-3,9-10,15H,1,4-8H2,(H,16,20)(H,17,18,19);1H. The maximum Gasteiger partial charge on any atom is 0.224 e. The summed E-state index contributed by atoms with van der Waals surface area (Å²) in [4.78, 5) is 12.0. The number of anilines is 1. The predicted molar refractivity (Wildman–Crippen MR) is 84.6 cm³/mol. The highest BCUT2D eigenvalue weighted by Crippen LogP contribution is 2.19. The first-order chi connectivity index (χ1) is 9.81.